The molecule has 1 heterocycles. The third-order valence-electron chi connectivity index (χ3n) is 2.62. The molecule has 8 heteroatoms. The first-order chi connectivity index (χ1) is 10.0. The number of nitrogens with zero attached hydrogens (tertiary/aromatic N) is 2. The predicted octanol–water partition coefficient (Wildman–Crippen LogP) is 0.175. The van der Waals surface area contributed by atoms with Crippen molar-refractivity contribution >= 4 is 17.8 Å². The Morgan fingerprint density at radius 3 is 2.14 bits per heavy atom. The first-order valence-corrected chi connectivity index (χ1v) is 6.41. The Kier molecular flexibility index (Phi) is 6.33. The largest absolute Gasteiger partial charge is 0.461 e. The summed E-state index contributed by atoms with van der Waals surface area (Å²) in [4.78, 5) is 33.6. The van der Waals surface area contributed by atoms with Gasteiger partial charge in [-0.1, -0.05) is 0 Å². The Balaban J connectivity index is 2.19. The minimum atomic E-state index is -0.992. The Morgan fingerprint density at radius 2 is 1.67 bits per heavy atom. The van der Waals surface area contributed by atoms with Crippen LogP contribution in [0.3, 0.4) is 0 Å². The molecule has 21 heavy (non-hydrogen) atoms. The lowest BCUT2D eigenvalue weighted by Gasteiger charge is -2.11. The molecule has 1 amide bonds. The number of amides is 1. The van der Waals surface area contributed by atoms with Crippen LogP contribution in [0.15, 0.2) is 10.2 Å². The van der Waals surface area contributed by atoms with E-state index < -0.39 is 17.6 Å². The maximum absolute atomic E-state index is 11.4. The summed E-state index contributed by atoms with van der Waals surface area (Å²) in [6.45, 7) is -0.193. The highest BCUT2D eigenvalue weighted by Crippen LogP contribution is 2.29. The molecule has 0 atom stereocenters. The second kappa shape index (κ2) is 7.99. The van der Waals surface area contributed by atoms with Gasteiger partial charge in [-0.2, -0.15) is 10.2 Å². The van der Waals surface area contributed by atoms with Crippen LogP contribution in [-0.4, -0.2) is 43.8 Å². The lowest BCUT2D eigenvalue weighted by Crippen LogP contribution is -2.29. The van der Waals surface area contributed by atoms with E-state index in [0.717, 1.165) is 0 Å². The number of hydrogen-bond donors (Lipinski definition) is 1. The van der Waals surface area contributed by atoms with Crippen LogP contribution in [-0.2, 0) is 23.9 Å². The summed E-state index contributed by atoms with van der Waals surface area (Å²) in [7, 11) is 1.49. The van der Waals surface area contributed by atoms with Gasteiger partial charge in [-0.15, -0.1) is 12.3 Å². The number of hydrogen-bond acceptors (Lipinski definition) is 7. The van der Waals surface area contributed by atoms with Gasteiger partial charge < -0.3 is 14.8 Å². The van der Waals surface area contributed by atoms with Crippen molar-refractivity contribution in [2.24, 2.45) is 10.2 Å². The fourth-order valence-electron chi connectivity index (χ4n) is 1.28. The maximum Gasteiger partial charge on any atom is 0.306 e. The molecule has 0 saturated heterocycles. The van der Waals surface area contributed by atoms with Crippen molar-refractivity contribution in [3.8, 4) is 12.3 Å². The van der Waals surface area contributed by atoms with E-state index in [-0.39, 0.29) is 38.4 Å². The van der Waals surface area contributed by atoms with Crippen LogP contribution in [0, 0.1) is 12.3 Å². The summed E-state index contributed by atoms with van der Waals surface area (Å²) in [6.07, 6.45) is 5.48. The minimum Gasteiger partial charge on any atom is -0.461 e. The number of rotatable bonds is 9. The number of terminal acetylenes is 1. The molecular formula is C13H17N3O5. The molecule has 0 spiro atoms. The number of ether oxygens (including phenoxy) is 2. The molecule has 0 radical (unpaired) electrons. The van der Waals surface area contributed by atoms with Gasteiger partial charge in [-0.3, -0.25) is 14.4 Å². The monoisotopic (exact) mass is 295 g/mol. The second-order valence-corrected chi connectivity index (χ2v) is 4.38. The topological polar surface area (TPSA) is 106 Å². The van der Waals surface area contributed by atoms with E-state index in [9.17, 15) is 14.4 Å². The summed E-state index contributed by atoms with van der Waals surface area (Å²) in [5.74, 6) is 1.10. The van der Waals surface area contributed by atoms with Crippen LogP contribution in [0.4, 0.5) is 0 Å². The number of carbonyl (C=O) groups is 3. The highest BCUT2D eigenvalue weighted by atomic mass is 16.6. The Hall–Kier alpha value is -2.43. The number of nitrogens with one attached hydrogen (secondary N) is 1. The van der Waals surface area contributed by atoms with Crippen LogP contribution in [0.5, 0.6) is 0 Å². The highest BCUT2D eigenvalue weighted by molar-refractivity contribution is 5.81. The van der Waals surface area contributed by atoms with Gasteiger partial charge in [0.2, 0.25) is 5.91 Å². The Morgan fingerprint density at radius 1 is 1.10 bits per heavy atom. The fourth-order valence-corrected chi connectivity index (χ4v) is 1.28. The lowest BCUT2D eigenvalue weighted by atomic mass is 10.2. The van der Waals surface area contributed by atoms with Gasteiger partial charge in [-0.05, 0) is 0 Å². The summed E-state index contributed by atoms with van der Waals surface area (Å²) in [6, 6.07) is 0. The van der Waals surface area contributed by atoms with Crippen molar-refractivity contribution in [1.82, 2.24) is 5.32 Å². The molecule has 0 unspecified atom stereocenters. The van der Waals surface area contributed by atoms with Crippen molar-refractivity contribution < 1.29 is 23.9 Å². The first-order valence-electron chi connectivity index (χ1n) is 6.41. The molecule has 0 fully saturated rings. The molecule has 1 rings (SSSR count). The summed E-state index contributed by atoms with van der Waals surface area (Å²) >= 11 is 0. The molecule has 0 bridgehead atoms. The quantitative estimate of drug-likeness (QED) is 0.482. The average molecular weight is 295 g/mol. The smallest absolute Gasteiger partial charge is 0.306 e. The van der Waals surface area contributed by atoms with Gasteiger partial charge in [0.15, 0.2) is 0 Å². The van der Waals surface area contributed by atoms with Gasteiger partial charge in [0.05, 0.1) is 12.8 Å². The van der Waals surface area contributed by atoms with Crippen LogP contribution in [0.2, 0.25) is 0 Å². The molecule has 0 aromatic rings. The first kappa shape index (κ1) is 16.6. The fraction of sp³-hybridized carbons (Fsp3) is 0.615. The molecule has 1 N–H and O–H groups in total. The Bertz CT molecular complexity index is 475. The van der Waals surface area contributed by atoms with E-state index in [4.69, 9.17) is 15.9 Å². The average Bonchev–Trinajstić information content (AvgIpc) is 3.27. The molecule has 0 aromatic heterocycles. The van der Waals surface area contributed by atoms with Crippen molar-refractivity contribution in [2.45, 2.75) is 31.3 Å². The lowest BCUT2D eigenvalue weighted by molar-refractivity contribution is -0.148. The highest BCUT2D eigenvalue weighted by Gasteiger charge is 2.43. The summed E-state index contributed by atoms with van der Waals surface area (Å²) in [5.41, 5.74) is -0.992. The van der Waals surface area contributed by atoms with E-state index in [1.165, 1.54) is 7.05 Å². The predicted molar refractivity (Wildman–Crippen MR) is 70.9 cm³/mol. The number of esters is 2. The molecule has 8 nitrogen and oxygen atoms in total. The number of carbonyl (C=O) groups excluding carboxylic acids is 3. The van der Waals surface area contributed by atoms with Crippen molar-refractivity contribution in [2.75, 3.05) is 20.3 Å². The van der Waals surface area contributed by atoms with Gasteiger partial charge in [0.25, 0.3) is 5.66 Å². The molecule has 0 saturated carbocycles. The van der Waals surface area contributed by atoms with Crippen LogP contribution < -0.4 is 5.32 Å². The van der Waals surface area contributed by atoms with Gasteiger partial charge >= 0.3 is 11.9 Å². The van der Waals surface area contributed by atoms with Crippen molar-refractivity contribution in [3.63, 3.8) is 0 Å². The van der Waals surface area contributed by atoms with E-state index in [1.54, 1.807) is 0 Å². The zero-order valence-corrected chi connectivity index (χ0v) is 11.8. The molecule has 114 valence electrons. The molecule has 1 aliphatic heterocycles. The SMILES string of the molecule is C#CCCC(=O)OCC1(COC(=O)CCC(=O)NC)N=N1. The van der Waals surface area contributed by atoms with Gasteiger partial charge in [-0.25, -0.2) is 0 Å². The van der Waals surface area contributed by atoms with Gasteiger partial charge in [0, 0.05) is 19.9 Å². The Labute approximate surface area is 122 Å². The third kappa shape index (κ3) is 6.51. The van der Waals surface area contributed by atoms with E-state index in [0.29, 0.717) is 6.42 Å². The van der Waals surface area contributed by atoms with Crippen LogP contribution in [0.25, 0.3) is 0 Å². The zero-order valence-electron chi connectivity index (χ0n) is 11.8. The zero-order chi connectivity index (χ0) is 15.7. The second-order valence-electron chi connectivity index (χ2n) is 4.38. The third-order valence-corrected chi connectivity index (χ3v) is 2.62. The van der Waals surface area contributed by atoms with Crippen molar-refractivity contribution in [3.05, 3.63) is 0 Å². The molecule has 1 aliphatic rings. The maximum atomic E-state index is 11.4. The summed E-state index contributed by atoms with van der Waals surface area (Å²) in [5, 5.41) is 9.84. The van der Waals surface area contributed by atoms with Gasteiger partial charge in [0.1, 0.15) is 13.2 Å². The van der Waals surface area contributed by atoms with E-state index in [1.807, 2.05) is 0 Å². The standard InChI is InChI=1S/C13H17N3O5/c1-3-4-5-11(18)20-8-13(15-16-13)9-21-12(19)7-6-10(17)14-2/h1H,4-9H2,2H3,(H,14,17). The molecule has 0 aromatic carbocycles. The van der Waals surface area contributed by atoms with E-state index in [2.05, 4.69) is 21.5 Å². The van der Waals surface area contributed by atoms with Crippen molar-refractivity contribution in [1.29, 1.82) is 0 Å². The molecular weight excluding hydrogens is 278 g/mol. The normalized spacial score (nSPS) is 13.9. The minimum absolute atomic E-state index is 0.0300. The van der Waals surface area contributed by atoms with Crippen LogP contribution >= 0.6 is 0 Å². The van der Waals surface area contributed by atoms with E-state index >= 15 is 0 Å². The summed E-state index contributed by atoms with van der Waals surface area (Å²) < 4.78 is 9.89. The van der Waals surface area contributed by atoms with Crippen LogP contribution in [0.1, 0.15) is 25.7 Å². The molecule has 0 aliphatic carbocycles.